The second kappa shape index (κ2) is 4.76. The average molecular weight is 277 g/mol. The highest BCUT2D eigenvalue weighted by molar-refractivity contribution is 7.92. The van der Waals surface area contributed by atoms with E-state index in [4.69, 9.17) is 0 Å². The molecule has 0 saturated carbocycles. The molecule has 0 aliphatic rings. The Morgan fingerprint density at radius 2 is 1.94 bits per heavy atom. The number of nitrogens with one attached hydrogen (secondary N) is 1. The first-order valence-electron chi connectivity index (χ1n) is 4.37. The van der Waals surface area contributed by atoms with Crippen LogP contribution in [0.15, 0.2) is 36.3 Å². The van der Waals surface area contributed by atoms with Crippen LogP contribution in [0, 0.1) is 0 Å². The van der Waals surface area contributed by atoms with E-state index >= 15 is 0 Å². The fourth-order valence-electron chi connectivity index (χ4n) is 0.994. The van der Waals surface area contributed by atoms with E-state index in [2.05, 4.69) is 15.5 Å². The number of sulfonamides is 1. The summed E-state index contributed by atoms with van der Waals surface area (Å²) < 4.78 is 50.9. The predicted molar refractivity (Wildman–Crippen MR) is 64.7 cm³/mol. The average Bonchev–Trinajstić information content (AvgIpc) is 2.14. The Morgan fingerprint density at radius 3 is 2.47 bits per heavy atom. The molecule has 1 rings (SSSR count). The Morgan fingerprint density at radius 1 is 1.29 bits per heavy atom. The minimum Gasteiger partial charge on any atom is -0.379 e. The summed E-state index contributed by atoms with van der Waals surface area (Å²) in [5.74, 6) is -0.00134. The van der Waals surface area contributed by atoms with Crippen molar-refractivity contribution in [2.75, 3.05) is 11.0 Å². The standard InChI is InChI=1S/C9H11NO5S2/c1-3-17(13,14)15-9-6-4-5-8(7-9)10-16(2,11)12/h3-7,10H,1H2,2H3. The first-order valence-corrected chi connectivity index (χ1v) is 7.73. The molecule has 0 unspecified atom stereocenters. The molecule has 0 saturated heterocycles. The monoisotopic (exact) mass is 277 g/mol. The van der Waals surface area contributed by atoms with Crippen LogP contribution >= 0.6 is 0 Å². The molecule has 0 amide bonds. The minimum absolute atomic E-state index is 0.00134. The molecule has 1 N–H and O–H groups in total. The Kier molecular flexibility index (Phi) is 3.79. The summed E-state index contributed by atoms with van der Waals surface area (Å²) in [6.45, 7) is 3.09. The van der Waals surface area contributed by atoms with Gasteiger partial charge in [-0.1, -0.05) is 12.6 Å². The van der Waals surface area contributed by atoms with Gasteiger partial charge in [0, 0.05) is 6.07 Å². The molecule has 0 spiro atoms. The van der Waals surface area contributed by atoms with Crippen molar-refractivity contribution in [3.05, 3.63) is 36.3 Å². The molecule has 0 fully saturated rings. The lowest BCUT2D eigenvalue weighted by Gasteiger charge is -2.06. The van der Waals surface area contributed by atoms with Gasteiger partial charge in [-0.3, -0.25) is 4.72 Å². The smallest absolute Gasteiger partial charge is 0.331 e. The van der Waals surface area contributed by atoms with Gasteiger partial charge < -0.3 is 4.18 Å². The van der Waals surface area contributed by atoms with E-state index in [1.165, 1.54) is 24.3 Å². The van der Waals surface area contributed by atoms with Gasteiger partial charge in [0.25, 0.3) is 0 Å². The van der Waals surface area contributed by atoms with Crippen molar-refractivity contribution in [3.8, 4) is 5.75 Å². The number of benzene rings is 1. The van der Waals surface area contributed by atoms with E-state index in [-0.39, 0.29) is 11.4 Å². The quantitative estimate of drug-likeness (QED) is 0.808. The summed E-state index contributed by atoms with van der Waals surface area (Å²) in [6.07, 6.45) is 0.987. The zero-order valence-electron chi connectivity index (χ0n) is 8.95. The van der Waals surface area contributed by atoms with E-state index in [9.17, 15) is 16.8 Å². The molecule has 1 aromatic rings. The second-order valence-electron chi connectivity index (χ2n) is 3.14. The normalized spacial score (nSPS) is 11.8. The van der Waals surface area contributed by atoms with E-state index in [1.807, 2.05) is 0 Å². The van der Waals surface area contributed by atoms with Crippen LogP contribution < -0.4 is 8.91 Å². The van der Waals surface area contributed by atoms with Gasteiger partial charge in [0.15, 0.2) is 0 Å². The molecule has 0 aliphatic heterocycles. The van der Waals surface area contributed by atoms with Crippen LogP contribution in [-0.4, -0.2) is 23.1 Å². The SMILES string of the molecule is C=CS(=O)(=O)Oc1cccc(NS(C)(=O)=O)c1. The summed E-state index contributed by atoms with van der Waals surface area (Å²) in [7, 11) is -7.26. The number of rotatable bonds is 5. The van der Waals surface area contributed by atoms with E-state index in [0.717, 1.165) is 6.26 Å². The fraction of sp³-hybridized carbons (Fsp3) is 0.111. The summed E-state index contributed by atoms with van der Waals surface area (Å²) in [5.41, 5.74) is 0.212. The third kappa shape index (κ3) is 4.87. The highest BCUT2D eigenvalue weighted by Crippen LogP contribution is 2.19. The summed E-state index contributed by atoms with van der Waals surface area (Å²) in [5, 5.41) is 0.656. The summed E-state index contributed by atoms with van der Waals surface area (Å²) in [4.78, 5) is 0. The third-order valence-electron chi connectivity index (χ3n) is 1.55. The van der Waals surface area contributed by atoms with Crippen molar-refractivity contribution in [2.24, 2.45) is 0 Å². The highest BCUT2D eigenvalue weighted by atomic mass is 32.2. The Balaban J connectivity index is 2.98. The third-order valence-corrected chi connectivity index (χ3v) is 2.99. The van der Waals surface area contributed by atoms with Crippen LogP contribution in [0.1, 0.15) is 0 Å². The van der Waals surface area contributed by atoms with Gasteiger partial charge in [0.2, 0.25) is 10.0 Å². The molecule has 0 atom stereocenters. The summed E-state index contributed by atoms with van der Waals surface area (Å²) >= 11 is 0. The molecular formula is C9H11NO5S2. The lowest BCUT2D eigenvalue weighted by Crippen LogP contribution is -2.10. The molecule has 0 aromatic heterocycles. The molecule has 1 aromatic carbocycles. The second-order valence-corrected chi connectivity index (χ2v) is 6.38. The maximum Gasteiger partial charge on any atom is 0.331 e. The molecule has 6 nitrogen and oxygen atoms in total. The van der Waals surface area contributed by atoms with Crippen LogP contribution in [0.4, 0.5) is 5.69 Å². The maximum atomic E-state index is 11.1. The van der Waals surface area contributed by atoms with Gasteiger partial charge in [-0.2, -0.15) is 8.42 Å². The Bertz CT molecular complexity index is 619. The predicted octanol–water partition coefficient (Wildman–Crippen LogP) is 0.910. The molecule has 94 valence electrons. The Hall–Kier alpha value is -1.54. The van der Waals surface area contributed by atoms with Crippen LogP contribution in [0.2, 0.25) is 0 Å². The molecular weight excluding hydrogens is 266 g/mol. The van der Waals surface area contributed by atoms with Crippen molar-refractivity contribution in [3.63, 3.8) is 0 Å². The highest BCUT2D eigenvalue weighted by Gasteiger charge is 2.08. The van der Waals surface area contributed by atoms with Crippen LogP contribution in [0.3, 0.4) is 0 Å². The van der Waals surface area contributed by atoms with Gasteiger partial charge in [0.1, 0.15) is 5.75 Å². The lowest BCUT2D eigenvalue weighted by molar-refractivity contribution is 0.497. The molecule has 17 heavy (non-hydrogen) atoms. The van der Waals surface area contributed by atoms with Crippen LogP contribution in [0.25, 0.3) is 0 Å². The number of anilines is 1. The van der Waals surface area contributed by atoms with Crippen LogP contribution in [-0.2, 0) is 20.1 Å². The first-order chi connectivity index (χ1) is 7.72. The topological polar surface area (TPSA) is 89.5 Å². The van der Waals surface area contributed by atoms with Crippen molar-refractivity contribution in [2.45, 2.75) is 0 Å². The summed E-state index contributed by atoms with van der Waals surface area (Å²) in [6, 6.07) is 5.56. The van der Waals surface area contributed by atoms with Gasteiger partial charge in [-0.15, -0.1) is 0 Å². The minimum atomic E-state index is -3.85. The van der Waals surface area contributed by atoms with Gasteiger partial charge in [-0.05, 0) is 12.1 Å². The van der Waals surface area contributed by atoms with Crippen molar-refractivity contribution in [1.29, 1.82) is 0 Å². The zero-order valence-corrected chi connectivity index (χ0v) is 10.6. The fourth-order valence-corrected chi connectivity index (χ4v) is 1.99. The molecule has 0 radical (unpaired) electrons. The van der Waals surface area contributed by atoms with Crippen molar-refractivity contribution >= 4 is 25.8 Å². The van der Waals surface area contributed by atoms with E-state index in [1.54, 1.807) is 0 Å². The zero-order chi connectivity index (χ0) is 13.1. The maximum absolute atomic E-state index is 11.1. The van der Waals surface area contributed by atoms with Crippen molar-refractivity contribution < 1.29 is 21.0 Å². The van der Waals surface area contributed by atoms with Gasteiger partial charge in [0.05, 0.1) is 17.4 Å². The Labute approximate surface area is 100 Å². The van der Waals surface area contributed by atoms with E-state index in [0.29, 0.717) is 5.41 Å². The molecule has 0 aliphatic carbocycles. The molecule has 0 bridgehead atoms. The lowest BCUT2D eigenvalue weighted by atomic mass is 10.3. The first kappa shape index (κ1) is 13.5. The number of hydrogen-bond acceptors (Lipinski definition) is 5. The molecule has 0 heterocycles. The van der Waals surface area contributed by atoms with E-state index < -0.39 is 20.1 Å². The number of hydrogen-bond donors (Lipinski definition) is 1. The van der Waals surface area contributed by atoms with Crippen LogP contribution in [0.5, 0.6) is 5.75 Å². The largest absolute Gasteiger partial charge is 0.379 e. The van der Waals surface area contributed by atoms with Gasteiger partial charge >= 0.3 is 10.1 Å². The van der Waals surface area contributed by atoms with Gasteiger partial charge in [-0.25, -0.2) is 8.42 Å². The molecule has 8 heteroatoms. The van der Waals surface area contributed by atoms with Crippen molar-refractivity contribution in [1.82, 2.24) is 0 Å².